The molecule has 0 bridgehead atoms. The Hall–Kier alpha value is -1.59. The Morgan fingerprint density at radius 1 is 1.31 bits per heavy atom. The average Bonchev–Trinajstić information content (AvgIpc) is 2.58. The molecule has 62 valence electrons. The molecular formula is C11H7NS. The normalized spacial score (nSPS) is 10.7. The van der Waals surface area contributed by atoms with Crippen LogP contribution >= 0.6 is 11.3 Å². The van der Waals surface area contributed by atoms with Crippen molar-refractivity contribution >= 4 is 27.5 Å². The van der Waals surface area contributed by atoms with Crippen LogP contribution in [0.25, 0.3) is 16.2 Å². The lowest BCUT2D eigenvalue weighted by molar-refractivity contribution is 1.54. The fourth-order valence-electron chi connectivity index (χ4n) is 1.25. The molecule has 0 saturated heterocycles. The maximum atomic E-state index is 8.40. The molecular weight excluding hydrogens is 178 g/mol. The third-order valence-electron chi connectivity index (χ3n) is 1.85. The average molecular weight is 185 g/mol. The third-order valence-corrected chi connectivity index (χ3v) is 2.83. The minimum Gasteiger partial charge on any atom is -0.193 e. The van der Waals surface area contributed by atoms with Crippen molar-refractivity contribution in [2.45, 2.75) is 0 Å². The lowest BCUT2D eigenvalue weighted by atomic mass is 10.2. The van der Waals surface area contributed by atoms with E-state index in [1.807, 2.05) is 24.3 Å². The third kappa shape index (κ3) is 1.47. The van der Waals surface area contributed by atoms with Gasteiger partial charge in [0.1, 0.15) is 0 Å². The van der Waals surface area contributed by atoms with Crippen molar-refractivity contribution in [2.24, 2.45) is 0 Å². The summed E-state index contributed by atoms with van der Waals surface area (Å²) in [7, 11) is 0. The van der Waals surface area contributed by atoms with Gasteiger partial charge in [0.25, 0.3) is 0 Å². The number of rotatable bonds is 1. The van der Waals surface area contributed by atoms with E-state index in [4.69, 9.17) is 5.26 Å². The van der Waals surface area contributed by atoms with Crippen LogP contribution in [0.1, 0.15) is 5.56 Å². The molecule has 13 heavy (non-hydrogen) atoms. The van der Waals surface area contributed by atoms with Crippen molar-refractivity contribution in [1.29, 1.82) is 5.26 Å². The molecule has 1 nitrogen and oxygen atoms in total. The van der Waals surface area contributed by atoms with Crippen molar-refractivity contribution in [2.75, 3.05) is 0 Å². The lowest BCUT2D eigenvalue weighted by Crippen LogP contribution is -1.66. The summed E-state index contributed by atoms with van der Waals surface area (Å²) in [6, 6.07) is 10.2. The molecule has 0 unspecified atom stereocenters. The summed E-state index contributed by atoms with van der Waals surface area (Å²) >= 11 is 1.70. The number of hydrogen-bond donors (Lipinski definition) is 0. The first-order chi connectivity index (χ1) is 6.42. The van der Waals surface area contributed by atoms with Crippen LogP contribution in [0.15, 0.2) is 35.7 Å². The van der Waals surface area contributed by atoms with Crippen LogP contribution in [0, 0.1) is 11.3 Å². The van der Waals surface area contributed by atoms with E-state index in [2.05, 4.69) is 17.5 Å². The minimum atomic E-state index is 1.13. The zero-order valence-corrected chi connectivity index (χ0v) is 7.71. The van der Waals surface area contributed by atoms with Gasteiger partial charge < -0.3 is 0 Å². The summed E-state index contributed by atoms with van der Waals surface area (Å²) in [5.41, 5.74) is 1.13. The van der Waals surface area contributed by atoms with Gasteiger partial charge in [-0.2, -0.15) is 5.26 Å². The van der Waals surface area contributed by atoms with Crippen molar-refractivity contribution in [1.82, 2.24) is 0 Å². The van der Waals surface area contributed by atoms with Crippen LogP contribution in [0.3, 0.4) is 0 Å². The molecule has 2 heteroatoms. The van der Waals surface area contributed by atoms with Gasteiger partial charge in [-0.25, -0.2) is 0 Å². The summed E-state index contributed by atoms with van der Waals surface area (Å²) in [5.74, 6) is 0. The molecule has 0 saturated carbocycles. The Kier molecular flexibility index (Phi) is 2.11. The highest BCUT2D eigenvalue weighted by Crippen LogP contribution is 2.26. The van der Waals surface area contributed by atoms with Gasteiger partial charge in [-0.3, -0.25) is 0 Å². The molecule has 0 N–H and O–H groups in total. The number of thiophene rings is 1. The SMILES string of the molecule is N#CC=Cc1csc2ccccc12. The van der Waals surface area contributed by atoms with Gasteiger partial charge in [0, 0.05) is 10.8 Å². The van der Waals surface area contributed by atoms with E-state index in [0.717, 1.165) is 5.56 Å². The monoisotopic (exact) mass is 185 g/mol. The summed E-state index contributed by atoms with van der Waals surface area (Å²) in [4.78, 5) is 0. The number of nitriles is 1. The minimum absolute atomic E-state index is 1.13. The molecule has 0 spiro atoms. The number of benzene rings is 1. The van der Waals surface area contributed by atoms with Crippen LogP contribution in [0.2, 0.25) is 0 Å². The molecule has 1 aromatic heterocycles. The largest absolute Gasteiger partial charge is 0.193 e. The maximum Gasteiger partial charge on any atom is 0.0912 e. The first-order valence-electron chi connectivity index (χ1n) is 3.94. The van der Waals surface area contributed by atoms with Crippen LogP contribution in [0.4, 0.5) is 0 Å². The predicted octanol–water partition coefficient (Wildman–Crippen LogP) is 3.44. The first kappa shape index (κ1) is 8.03. The molecule has 0 aliphatic heterocycles. The second kappa shape index (κ2) is 3.42. The molecule has 0 aliphatic carbocycles. The van der Waals surface area contributed by atoms with Gasteiger partial charge in [-0.15, -0.1) is 11.3 Å². The van der Waals surface area contributed by atoms with Gasteiger partial charge in [0.05, 0.1) is 6.07 Å². The summed E-state index contributed by atoms with van der Waals surface area (Å²) in [5, 5.41) is 11.7. The van der Waals surface area contributed by atoms with Gasteiger partial charge in [-0.1, -0.05) is 18.2 Å². The molecule has 0 aliphatic rings. The van der Waals surface area contributed by atoms with Crippen LogP contribution in [0.5, 0.6) is 0 Å². The summed E-state index contributed by atoms with van der Waals surface area (Å²) in [6.07, 6.45) is 3.35. The van der Waals surface area contributed by atoms with Crippen molar-refractivity contribution in [3.05, 3.63) is 41.3 Å². The molecule has 0 fully saturated rings. The Morgan fingerprint density at radius 3 is 3.00 bits per heavy atom. The topological polar surface area (TPSA) is 23.8 Å². The fraction of sp³-hybridized carbons (Fsp3) is 0. The highest BCUT2D eigenvalue weighted by atomic mass is 32.1. The van der Waals surface area contributed by atoms with Gasteiger partial charge in [-0.05, 0) is 28.5 Å². The quantitative estimate of drug-likeness (QED) is 0.624. The standard InChI is InChI=1S/C11H7NS/c12-7-3-4-9-8-13-11-6-2-1-5-10(9)11/h1-6,8H. The van der Waals surface area contributed by atoms with E-state index in [-0.39, 0.29) is 0 Å². The second-order valence-electron chi connectivity index (χ2n) is 2.65. The summed E-state index contributed by atoms with van der Waals surface area (Å²) < 4.78 is 1.26. The highest BCUT2D eigenvalue weighted by molar-refractivity contribution is 7.17. The van der Waals surface area contributed by atoms with E-state index in [1.165, 1.54) is 16.2 Å². The molecule has 1 heterocycles. The van der Waals surface area contributed by atoms with Crippen molar-refractivity contribution in [3.63, 3.8) is 0 Å². The first-order valence-corrected chi connectivity index (χ1v) is 4.82. The number of hydrogen-bond acceptors (Lipinski definition) is 2. The fourth-order valence-corrected chi connectivity index (χ4v) is 2.18. The smallest absolute Gasteiger partial charge is 0.0912 e. The zero-order valence-electron chi connectivity index (χ0n) is 6.90. The van der Waals surface area contributed by atoms with E-state index in [0.29, 0.717) is 0 Å². The molecule has 0 atom stereocenters. The van der Waals surface area contributed by atoms with E-state index >= 15 is 0 Å². The lowest BCUT2D eigenvalue weighted by Gasteiger charge is -1.88. The summed E-state index contributed by atoms with van der Waals surface area (Å²) in [6.45, 7) is 0. The molecule has 2 rings (SSSR count). The van der Waals surface area contributed by atoms with Crippen LogP contribution < -0.4 is 0 Å². The number of nitrogens with zero attached hydrogens (tertiary/aromatic N) is 1. The van der Waals surface area contributed by atoms with Gasteiger partial charge in [0.2, 0.25) is 0 Å². The molecule has 0 amide bonds. The van der Waals surface area contributed by atoms with Crippen LogP contribution in [-0.2, 0) is 0 Å². The second-order valence-corrected chi connectivity index (χ2v) is 3.56. The van der Waals surface area contributed by atoms with Gasteiger partial charge in [0.15, 0.2) is 0 Å². The number of allylic oxidation sites excluding steroid dienone is 1. The van der Waals surface area contributed by atoms with E-state index in [1.54, 1.807) is 11.3 Å². The van der Waals surface area contributed by atoms with Crippen molar-refractivity contribution in [3.8, 4) is 6.07 Å². The van der Waals surface area contributed by atoms with Gasteiger partial charge >= 0.3 is 0 Å². The zero-order chi connectivity index (χ0) is 9.10. The molecule has 1 aromatic carbocycles. The highest BCUT2D eigenvalue weighted by Gasteiger charge is 1.98. The Morgan fingerprint density at radius 2 is 2.15 bits per heavy atom. The molecule has 0 radical (unpaired) electrons. The van der Waals surface area contributed by atoms with E-state index in [9.17, 15) is 0 Å². The predicted molar refractivity (Wildman–Crippen MR) is 56.5 cm³/mol. The number of fused-ring (bicyclic) bond motifs is 1. The molecule has 2 aromatic rings. The Balaban J connectivity index is 2.59. The Labute approximate surface area is 80.6 Å². The maximum absolute atomic E-state index is 8.40. The van der Waals surface area contributed by atoms with Crippen LogP contribution in [-0.4, -0.2) is 0 Å². The Bertz CT molecular complexity index is 488. The van der Waals surface area contributed by atoms with Crippen molar-refractivity contribution < 1.29 is 0 Å². The van der Waals surface area contributed by atoms with E-state index < -0.39 is 0 Å².